The second-order valence-electron chi connectivity index (χ2n) is 8.67. The highest BCUT2D eigenvalue weighted by Gasteiger charge is 2.27. The number of para-hydroxylation sites is 1. The van der Waals surface area contributed by atoms with Crippen molar-refractivity contribution >= 4 is 17.5 Å². The molecule has 0 radical (unpaired) electrons. The Balaban J connectivity index is 1.19. The minimum atomic E-state index is -0.345. The summed E-state index contributed by atoms with van der Waals surface area (Å²) in [7, 11) is 1.46. The fourth-order valence-electron chi connectivity index (χ4n) is 4.55. The first kappa shape index (κ1) is 22.3. The summed E-state index contributed by atoms with van der Waals surface area (Å²) in [6.45, 7) is 2.38. The summed E-state index contributed by atoms with van der Waals surface area (Å²) < 4.78 is 18.9. The highest BCUT2D eigenvalue weighted by Crippen LogP contribution is 2.27. The Morgan fingerprint density at radius 3 is 2.75 bits per heavy atom. The lowest BCUT2D eigenvalue weighted by molar-refractivity contribution is -0.123. The molecular weight excluding hydrogens is 409 g/mol. The Hall–Kier alpha value is -2.93. The van der Waals surface area contributed by atoms with E-state index in [-0.39, 0.29) is 35.3 Å². The maximum absolute atomic E-state index is 13.9. The molecule has 4 rings (SSSR count). The lowest BCUT2D eigenvalue weighted by Crippen LogP contribution is -2.44. The summed E-state index contributed by atoms with van der Waals surface area (Å²) in [6.07, 6.45) is 3.31. The summed E-state index contributed by atoms with van der Waals surface area (Å²) in [5, 5.41) is 6.07. The smallest absolute Gasteiger partial charge is 0.227 e. The first-order chi connectivity index (χ1) is 15.5. The van der Waals surface area contributed by atoms with Crippen molar-refractivity contribution in [3.05, 3.63) is 59.4 Å². The zero-order valence-corrected chi connectivity index (χ0v) is 18.4. The third kappa shape index (κ3) is 5.46. The number of hydrogen-bond acceptors (Lipinski definition) is 4. The first-order valence-corrected chi connectivity index (χ1v) is 11.2. The van der Waals surface area contributed by atoms with Gasteiger partial charge in [-0.25, -0.2) is 4.39 Å². The summed E-state index contributed by atoms with van der Waals surface area (Å²) >= 11 is 0. The highest BCUT2D eigenvalue weighted by molar-refractivity contribution is 5.96. The van der Waals surface area contributed by atoms with E-state index >= 15 is 0 Å². The minimum Gasteiger partial charge on any atom is -0.494 e. The molecule has 2 N–H and O–H groups in total. The lowest BCUT2D eigenvalue weighted by Gasteiger charge is -2.32. The summed E-state index contributed by atoms with van der Waals surface area (Å²) in [6, 6.07) is 13.0. The van der Waals surface area contributed by atoms with Crippen LogP contribution in [0.2, 0.25) is 0 Å². The molecule has 1 unspecified atom stereocenters. The SMILES string of the molecule is COc1ccc(CN2CCC(NC(=O)CCC3Cc4ccccc4NC3=O)CC2)cc1F. The molecule has 2 aliphatic heterocycles. The van der Waals surface area contributed by atoms with Gasteiger partial charge in [-0.1, -0.05) is 24.3 Å². The number of hydrogen-bond donors (Lipinski definition) is 2. The van der Waals surface area contributed by atoms with Crippen molar-refractivity contribution in [2.24, 2.45) is 5.92 Å². The number of methoxy groups -OCH3 is 1. The average Bonchev–Trinajstić information content (AvgIpc) is 2.79. The van der Waals surface area contributed by atoms with Crippen molar-refractivity contribution in [1.82, 2.24) is 10.2 Å². The van der Waals surface area contributed by atoms with E-state index in [0.29, 0.717) is 25.8 Å². The predicted octanol–water partition coefficient (Wildman–Crippen LogP) is 3.51. The van der Waals surface area contributed by atoms with E-state index in [1.54, 1.807) is 6.07 Å². The molecule has 170 valence electrons. The van der Waals surface area contributed by atoms with E-state index in [1.165, 1.54) is 13.2 Å². The van der Waals surface area contributed by atoms with Gasteiger partial charge in [-0.2, -0.15) is 0 Å². The number of rotatable bonds is 7. The van der Waals surface area contributed by atoms with Crippen LogP contribution in [-0.2, 0) is 22.6 Å². The topological polar surface area (TPSA) is 70.7 Å². The molecule has 1 saturated heterocycles. The Kier molecular flexibility index (Phi) is 7.05. The molecule has 0 bridgehead atoms. The molecule has 2 aromatic carbocycles. The number of anilines is 1. The van der Waals surface area contributed by atoms with Crippen molar-refractivity contribution in [2.45, 2.75) is 44.7 Å². The number of carbonyl (C=O) groups is 2. The van der Waals surface area contributed by atoms with Crippen LogP contribution in [0.4, 0.5) is 10.1 Å². The molecule has 0 saturated carbocycles. The summed E-state index contributed by atoms with van der Waals surface area (Å²) in [5.41, 5.74) is 2.92. The van der Waals surface area contributed by atoms with Gasteiger partial charge in [0.05, 0.1) is 7.11 Å². The van der Waals surface area contributed by atoms with Crippen LogP contribution in [0.3, 0.4) is 0 Å². The Morgan fingerprint density at radius 1 is 1.22 bits per heavy atom. The van der Waals surface area contributed by atoms with Crippen molar-refractivity contribution in [3.63, 3.8) is 0 Å². The van der Waals surface area contributed by atoms with Gasteiger partial charge in [0.2, 0.25) is 11.8 Å². The van der Waals surface area contributed by atoms with Crippen LogP contribution in [0.25, 0.3) is 0 Å². The number of ether oxygens (including phenoxy) is 1. The van der Waals surface area contributed by atoms with E-state index in [2.05, 4.69) is 15.5 Å². The largest absolute Gasteiger partial charge is 0.494 e. The van der Waals surface area contributed by atoms with Crippen LogP contribution < -0.4 is 15.4 Å². The molecule has 2 aromatic rings. The minimum absolute atomic E-state index is 0.000207. The Morgan fingerprint density at radius 2 is 2.00 bits per heavy atom. The molecule has 0 spiro atoms. The van der Waals surface area contributed by atoms with E-state index in [4.69, 9.17) is 4.74 Å². The van der Waals surface area contributed by atoms with Crippen molar-refractivity contribution < 1.29 is 18.7 Å². The van der Waals surface area contributed by atoms with Gasteiger partial charge in [-0.3, -0.25) is 14.5 Å². The van der Waals surface area contributed by atoms with E-state index < -0.39 is 0 Å². The number of carbonyl (C=O) groups excluding carboxylic acids is 2. The van der Waals surface area contributed by atoms with E-state index in [1.807, 2.05) is 30.3 Å². The van der Waals surface area contributed by atoms with Gasteiger partial charge in [0.1, 0.15) is 0 Å². The van der Waals surface area contributed by atoms with Crippen LogP contribution in [-0.4, -0.2) is 43.0 Å². The number of piperidine rings is 1. The van der Waals surface area contributed by atoms with Crippen molar-refractivity contribution in [2.75, 3.05) is 25.5 Å². The quantitative estimate of drug-likeness (QED) is 0.693. The van der Waals surface area contributed by atoms with Crippen LogP contribution in [0, 0.1) is 11.7 Å². The van der Waals surface area contributed by atoms with Gasteiger partial charge in [0, 0.05) is 43.7 Å². The van der Waals surface area contributed by atoms with Crippen LogP contribution in [0.5, 0.6) is 5.75 Å². The van der Waals surface area contributed by atoms with Gasteiger partial charge >= 0.3 is 0 Å². The van der Waals surface area contributed by atoms with Crippen molar-refractivity contribution in [3.8, 4) is 5.75 Å². The summed E-state index contributed by atoms with van der Waals surface area (Å²) in [5.74, 6) is -0.248. The number of fused-ring (bicyclic) bond motifs is 1. The molecule has 0 aromatic heterocycles. The number of likely N-dealkylation sites (tertiary alicyclic amines) is 1. The second kappa shape index (κ2) is 10.1. The van der Waals surface area contributed by atoms with Crippen LogP contribution in [0.1, 0.15) is 36.8 Å². The standard InChI is InChI=1S/C25H30FN3O3/c1-32-23-8-6-17(14-21(23)26)16-29-12-10-20(11-13-29)27-24(30)9-7-19-15-18-4-2-3-5-22(18)28-25(19)31/h2-6,8,14,19-20H,7,9-13,15-16H2,1H3,(H,27,30)(H,28,31). The highest BCUT2D eigenvalue weighted by atomic mass is 19.1. The molecular formula is C25H30FN3O3. The lowest BCUT2D eigenvalue weighted by atomic mass is 9.89. The number of benzene rings is 2. The first-order valence-electron chi connectivity index (χ1n) is 11.2. The fourth-order valence-corrected chi connectivity index (χ4v) is 4.55. The average molecular weight is 440 g/mol. The Bertz CT molecular complexity index is 973. The second-order valence-corrected chi connectivity index (χ2v) is 8.67. The third-order valence-electron chi connectivity index (χ3n) is 6.41. The fraction of sp³-hybridized carbons (Fsp3) is 0.440. The third-order valence-corrected chi connectivity index (χ3v) is 6.41. The maximum atomic E-state index is 13.9. The van der Waals surface area contributed by atoms with Gasteiger partial charge in [-0.15, -0.1) is 0 Å². The molecule has 7 heteroatoms. The summed E-state index contributed by atoms with van der Waals surface area (Å²) in [4.78, 5) is 27.1. The zero-order chi connectivity index (χ0) is 22.5. The zero-order valence-electron chi connectivity index (χ0n) is 18.4. The van der Waals surface area contributed by atoms with E-state index in [9.17, 15) is 14.0 Å². The number of amides is 2. The van der Waals surface area contributed by atoms with Gasteiger partial charge < -0.3 is 15.4 Å². The van der Waals surface area contributed by atoms with E-state index in [0.717, 1.165) is 42.7 Å². The predicted molar refractivity (Wildman–Crippen MR) is 121 cm³/mol. The molecule has 2 amide bonds. The maximum Gasteiger partial charge on any atom is 0.227 e. The van der Waals surface area contributed by atoms with Gasteiger partial charge in [-0.05, 0) is 55.0 Å². The Labute approximate surface area is 188 Å². The number of nitrogens with zero attached hydrogens (tertiary/aromatic N) is 1. The molecule has 0 aliphatic carbocycles. The van der Waals surface area contributed by atoms with Crippen LogP contribution >= 0.6 is 0 Å². The number of nitrogens with one attached hydrogen (secondary N) is 2. The molecule has 2 heterocycles. The molecule has 1 atom stereocenters. The van der Waals surface area contributed by atoms with Gasteiger partial charge in [0.25, 0.3) is 0 Å². The molecule has 1 fully saturated rings. The number of halogens is 1. The monoisotopic (exact) mass is 439 g/mol. The normalized spacial score (nSPS) is 19.2. The molecule has 6 nitrogen and oxygen atoms in total. The molecule has 32 heavy (non-hydrogen) atoms. The van der Waals surface area contributed by atoms with Gasteiger partial charge in [0.15, 0.2) is 11.6 Å². The van der Waals surface area contributed by atoms with Crippen molar-refractivity contribution in [1.29, 1.82) is 0 Å². The van der Waals surface area contributed by atoms with Crippen LogP contribution in [0.15, 0.2) is 42.5 Å². The molecule has 2 aliphatic rings.